The Bertz CT molecular complexity index is 144. The molecule has 2 aliphatic rings. The zero-order valence-corrected chi connectivity index (χ0v) is 5.39. The summed E-state index contributed by atoms with van der Waals surface area (Å²) in [6.45, 7) is 1.06. The van der Waals surface area contributed by atoms with Gasteiger partial charge >= 0.3 is 0 Å². The molecule has 2 rings (SSSR count). The van der Waals surface area contributed by atoms with Crippen LogP contribution in [-0.4, -0.2) is 18.4 Å². The van der Waals surface area contributed by atoms with E-state index >= 15 is 0 Å². The normalized spacial score (nSPS) is 41.6. The molecule has 1 N–H and O–H groups in total. The molecule has 2 atom stereocenters. The summed E-state index contributed by atoms with van der Waals surface area (Å²) in [6.07, 6.45) is 3.00. The number of nitrogens with one attached hydrogen (secondary N) is 1. The Kier molecular flexibility index (Phi) is 1.09. The number of hydrogen-bond donors (Lipinski definition) is 1. The molecule has 2 fully saturated rings. The van der Waals surface area contributed by atoms with E-state index in [1.807, 2.05) is 0 Å². The highest BCUT2D eigenvalue weighted by atomic mass is 16.1. The minimum absolute atomic E-state index is 0.394. The fraction of sp³-hybridized carbons (Fsp3) is 0.857. The lowest BCUT2D eigenvalue weighted by molar-refractivity contribution is -0.120. The third-order valence-corrected chi connectivity index (χ3v) is 2.46. The van der Waals surface area contributed by atoms with E-state index in [0.717, 1.165) is 25.8 Å². The Morgan fingerprint density at radius 3 is 3.11 bits per heavy atom. The molecule has 50 valence electrons. The first kappa shape index (κ1) is 5.42. The van der Waals surface area contributed by atoms with Gasteiger partial charge in [0.15, 0.2) is 0 Å². The second-order valence-corrected chi connectivity index (χ2v) is 2.96. The predicted molar refractivity (Wildman–Crippen MR) is 34.1 cm³/mol. The Labute approximate surface area is 54.6 Å². The van der Waals surface area contributed by atoms with Crippen molar-refractivity contribution in [3.05, 3.63) is 0 Å². The maximum Gasteiger partial charge on any atom is 0.137 e. The van der Waals surface area contributed by atoms with Gasteiger partial charge in [0, 0.05) is 18.4 Å². The summed E-state index contributed by atoms with van der Waals surface area (Å²) in [6, 6.07) is 0.553. The summed E-state index contributed by atoms with van der Waals surface area (Å²) in [5, 5.41) is 3.33. The lowest BCUT2D eigenvalue weighted by Gasteiger charge is -2.04. The molecule has 1 aliphatic carbocycles. The molecule has 0 amide bonds. The number of fused-ring (bicyclic) bond motifs is 1. The first-order valence-corrected chi connectivity index (χ1v) is 3.64. The molecule has 0 aromatic heterocycles. The number of Topliss-reactive ketones (excluding diaryl/α,β-unsaturated/α-hetero) is 1. The molecule has 1 saturated carbocycles. The van der Waals surface area contributed by atoms with Gasteiger partial charge in [-0.05, 0) is 19.4 Å². The number of ketones is 1. The highest BCUT2D eigenvalue weighted by Crippen LogP contribution is 2.28. The Hall–Kier alpha value is -0.370. The smallest absolute Gasteiger partial charge is 0.137 e. The van der Waals surface area contributed by atoms with Gasteiger partial charge in [-0.15, -0.1) is 0 Å². The first-order valence-electron chi connectivity index (χ1n) is 3.64. The zero-order valence-electron chi connectivity index (χ0n) is 5.39. The van der Waals surface area contributed by atoms with Crippen molar-refractivity contribution in [3.63, 3.8) is 0 Å². The van der Waals surface area contributed by atoms with Crippen LogP contribution >= 0.6 is 0 Å². The molecule has 0 spiro atoms. The Balaban J connectivity index is 2.15. The molecule has 0 aromatic rings. The molecular formula is C7H11NO. The van der Waals surface area contributed by atoms with Crippen molar-refractivity contribution in [1.29, 1.82) is 0 Å². The first-order chi connectivity index (χ1) is 4.38. The maximum atomic E-state index is 11.0. The maximum absolute atomic E-state index is 11.0. The van der Waals surface area contributed by atoms with E-state index in [4.69, 9.17) is 0 Å². The van der Waals surface area contributed by atoms with Crippen LogP contribution in [0.1, 0.15) is 19.3 Å². The second-order valence-electron chi connectivity index (χ2n) is 2.96. The van der Waals surface area contributed by atoms with E-state index < -0.39 is 0 Å². The minimum Gasteiger partial charge on any atom is -0.313 e. The van der Waals surface area contributed by atoms with Crippen LogP contribution in [0.25, 0.3) is 0 Å². The van der Waals surface area contributed by atoms with Crippen molar-refractivity contribution >= 4 is 5.78 Å². The van der Waals surface area contributed by atoms with Crippen LogP contribution in [0.15, 0.2) is 0 Å². The van der Waals surface area contributed by atoms with Crippen LogP contribution < -0.4 is 5.32 Å². The summed E-state index contributed by atoms with van der Waals surface area (Å²) in [5.41, 5.74) is 0. The topological polar surface area (TPSA) is 29.1 Å². The van der Waals surface area contributed by atoms with Crippen LogP contribution in [0.3, 0.4) is 0 Å². The van der Waals surface area contributed by atoms with Crippen LogP contribution in [0, 0.1) is 5.92 Å². The van der Waals surface area contributed by atoms with Crippen molar-refractivity contribution in [1.82, 2.24) is 5.32 Å². The van der Waals surface area contributed by atoms with Gasteiger partial charge < -0.3 is 5.32 Å². The highest BCUT2D eigenvalue weighted by molar-refractivity contribution is 5.84. The standard InChI is InChI=1S/C7H11NO/c9-7-2-1-6-5(7)3-4-8-6/h5-6,8H,1-4H2/t5-,6-/m0/s1. The van der Waals surface area contributed by atoms with E-state index in [0.29, 0.717) is 17.7 Å². The summed E-state index contributed by atoms with van der Waals surface area (Å²) >= 11 is 0. The van der Waals surface area contributed by atoms with Crippen molar-refractivity contribution < 1.29 is 4.79 Å². The molecule has 9 heavy (non-hydrogen) atoms. The second kappa shape index (κ2) is 1.81. The van der Waals surface area contributed by atoms with Gasteiger partial charge in [0.2, 0.25) is 0 Å². The molecule has 0 aromatic carbocycles. The molecule has 1 heterocycles. The molecule has 0 bridgehead atoms. The molecule has 2 heteroatoms. The van der Waals surface area contributed by atoms with Crippen molar-refractivity contribution in [2.75, 3.05) is 6.54 Å². The number of carbonyl (C=O) groups is 1. The summed E-state index contributed by atoms with van der Waals surface area (Å²) in [5.74, 6) is 0.884. The van der Waals surface area contributed by atoms with Gasteiger partial charge in [-0.1, -0.05) is 0 Å². The fourth-order valence-electron chi connectivity index (χ4n) is 1.94. The van der Waals surface area contributed by atoms with Crippen molar-refractivity contribution in [2.45, 2.75) is 25.3 Å². The van der Waals surface area contributed by atoms with Crippen LogP contribution in [0.5, 0.6) is 0 Å². The quantitative estimate of drug-likeness (QED) is 0.505. The number of carbonyl (C=O) groups excluding carboxylic acids is 1. The Morgan fingerprint density at radius 1 is 1.44 bits per heavy atom. The predicted octanol–water partition coefficient (Wildman–Crippen LogP) is 0.327. The fourth-order valence-corrected chi connectivity index (χ4v) is 1.94. The summed E-state index contributed by atoms with van der Waals surface area (Å²) in [4.78, 5) is 11.0. The monoisotopic (exact) mass is 125 g/mol. The summed E-state index contributed by atoms with van der Waals surface area (Å²) in [7, 11) is 0. The molecule has 1 saturated heterocycles. The van der Waals surface area contributed by atoms with Gasteiger partial charge in [0.05, 0.1) is 0 Å². The third-order valence-electron chi connectivity index (χ3n) is 2.46. The number of hydrogen-bond acceptors (Lipinski definition) is 2. The average Bonchev–Trinajstić information content (AvgIpc) is 2.35. The van der Waals surface area contributed by atoms with Gasteiger partial charge in [-0.3, -0.25) is 4.79 Å². The minimum atomic E-state index is 0.394. The SMILES string of the molecule is O=C1CC[C@@H]2NCC[C@H]12. The van der Waals surface area contributed by atoms with E-state index in [2.05, 4.69) is 5.32 Å². The van der Waals surface area contributed by atoms with Gasteiger partial charge in [0.25, 0.3) is 0 Å². The van der Waals surface area contributed by atoms with Crippen LogP contribution in [0.2, 0.25) is 0 Å². The van der Waals surface area contributed by atoms with E-state index in [1.54, 1.807) is 0 Å². The van der Waals surface area contributed by atoms with Gasteiger partial charge in [-0.2, -0.15) is 0 Å². The lowest BCUT2D eigenvalue weighted by Crippen LogP contribution is -2.23. The molecule has 2 nitrogen and oxygen atoms in total. The van der Waals surface area contributed by atoms with Crippen molar-refractivity contribution in [3.8, 4) is 0 Å². The molecule has 0 unspecified atom stereocenters. The number of rotatable bonds is 0. The average molecular weight is 125 g/mol. The van der Waals surface area contributed by atoms with Crippen molar-refractivity contribution in [2.24, 2.45) is 5.92 Å². The third kappa shape index (κ3) is 0.697. The van der Waals surface area contributed by atoms with E-state index in [9.17, 15) is 4.79 Å². The molecular weight excluding hydrogens is 114 g/mol. The van der Waals surface area contributed by atoms with Gasteiger partial charge in [-0.25, -0.2) is 0 Å². The molecule has 0 radical (unpaired) electrons. The van der Waals surface area contributed by atoms with Crippen LogP contribution in [0.4, 0.5) is 0 Å². The van der Waals surface area contributed by atoms with Gasteiger partial charge in [0.1, 0.15) is 5.78 Å². The van der Waals surface area contributed by atoms with E-state index in [1.165, 1.54) is 0 Å². The zero-order chi connectivity index (χ0) is 6.27. The molecule has 1 aliphatic heterocycles. The largest absolute Gasteiger partial charge is 0.313 e. The lowest BCUT2D eigenvalue weighted by atomic mass is 10.0. The van der Waals surface area contributed by atoms with E-state index in [-0.39, 0.29) is 0 Å². The highest BCUT2D eigenvalue weighted by Gasteiger charge is 2.37. The van der Waals surface area contributed by atoms with Crippen LogP contribution in [-0.2, 0) is 4.79 Å². The summed E-state index contributed by atoms with van der Waals surface area (Å²) < 4.78 is 0. The Morgan fingerprint density at radius 2 is 2.33 bits per heavy atom.